The zero-order valence-electron chi connectivity index (χ0n) is 17.0. The van der Waals surface area contributed by atoms with Crippen LogP contribution in [-0.4, -0.2) is 102 Å². The summed E-state index contributed by atoms with van der Waals surface area (Å²) in [6, 6.07) is 0. The smallest absolute Gasteiger partial charge is 0.127 e. The normalized spacial score (nSPS) is 13.3. The molecular weight excluding hydrogens is 427 g/mol. The van der Waals surface area contributed by atoms with E-state index < -0.39 is 0 Å². The summed E-state index contributed by atoms with van der Waals surface area (Å²) < 4.78 is 0. The Morgan fingerprint density at radius 2 is 0.480 bits per heavy atom. The standard InChI is InChI=1S/C15H37N5.5ClH/c1-16(2)8-10-18(5)12-14-20(7)15-13-19(6)11-9-17(3)4;;;;;/h8-15H2,1-7H3;5*1H. The van der Waals surface area contributed by atoms with Crippen LogP contribution in [0.25, 0.3) is 0 Å². The molecule has 5 N–H and O–H groups in total. The SMILES string of the molecule is C[NH+](C)CC[NH+](C)CC[NH+](C)CC[NH+](C)CC[NH+](C)C.[Cl-].[Cl-].[Cl-].[Cl-].[Cl-]. The Kier molecular flexibility index (Phi) is 41.2. The number of quaternary nitrogens is 5. The third kappa shape index (κ3) is 30.2. The topological polar surface area (TPSA) is 22.2 Å². The molecule has 2 unspecified atom stereocenters. The van der Waals surface area contributed by atoms with Crippen LogP contribution in [-0.2, 0) is 0 Å². The maximum absolute atomic E-state index is 2.34. The van der Waals surface area contributed by atoms with Crippen LogP contribution in [0.4, 0.5) is 0 Å². The van der Waals surface area contributed by atoms with Crippen molar-refractivity contribution in [2.45, 2.75) is 0 Å². The van der Waals surface area contributed by atoms with Gasteiger partial charge in [0.25, 0.3) is 0 Å². The van der Waals surface area contributed by atoms with E-state index in [0.29, 0.717) is 0 Å². The lowest BCUT2D eigenvalue weighted by Crippen LogP contribution is -3.23. The highest BCUT2D eigenvalue weighted by atomic mass is 35.5. The van der Waals surface area contributed by atoms with Crippen molar-refractivity contribution in [2.24, 2.45) is 0 Å². The molecule has 0 aromatic rings. The van der Waals surface area contributed by atoms with Crippen molar-refractivity contribution in [3.05, 3.63) is 0 Å². The second-order valence-corrected chi connectivity index (χ2v) is 7.29. The fourth-order valence-electron chi connectivity index (χ4n) is 2.16. The molecule has 0 fully saturated rings. The van der Waals surface area contributed by atoms with Crippen molar-refractivity contribution in [1.29, 1.82) is 0 Å². The second-order valence-electron chi connectivity index (χ2n) is 7.29. The maximum atomic E-state index is 2.34. The summed E-state index contributed by atoms with van der Waals surface area (Å²) >= 11 is 0. The number of likely N-dealkylation sites (N-methyl/N-ethyl adjacent to an activating group) is 5. The molecule has 162 valence electrons. The molecule has 0 saturated carbocycles. The number of hydrogen-bond donors (Lipinski definition) is 5. The molecule has 2 atom stereocenters. The van der Waals surface area contributed by atoms with Crippen LogP contribution in [0.15, 0.2) is 0 Å². The quantitative estimate of drug-likeness (QED) is 0.187. The Morgan fingerprint density at radius 3 is 0.640 bits per heavy atom. The number of hydrogen-bond acceptors (Lipinski definition) is 0. The highest BCUT2D eigenvalue weighted by Crippen LogP contribution is 1.47. The van der Waals surface area contributed by atoms with Gasteiger partial charge in [0.2, 0.25) is 0 Å². The van der Waals surface area contributed by atoms with Gasteiger partial charge in [-0.1, -0.05) is 0 Å². The van der Waals surface area contributed by atoms with Gasteiger partial charge in [-0.15, -0.1) is 0 Å². The van der Waals surface area contributed by atoms with Crippen molar-refractivity contribution in [1.82, 2.24) is 0 Å². The maximum Gasteiger partial charge on any atom is 0.127 e. The molecule has 0 bridgehead atoms. The van der Waals surface area contributed by atoms with Gasteiger partial charge >= 0.3 is 0 Å². The Morgan fingerprint density at radius 1 is 0.320 bits per heavy atom. The molecule has 25 heavy (non-hydrogen) atoms. The van der Waals surface area contributed by atoms with Gasteiger partial charge in [-0.2, -0.15) is 0 Å². The van der Waals surface area contributed by atoms with Crippen LogP contribution >= 0.6 is 0 Å². The highest BCUT2D eigenvalue weighted by molar-refractivity contribution is 4.28. The molecule has 0 radical (unpaired) electrons. The second kappa shape index (κ2) is 25.2. The largest absolute Gasteiger partial charge is 1.00 e. The highest BCUT2D eigenvalue weighted by Gasteiger charge is 2.11. The summed E-state index contributed by atoms with van der Waals surface area (Å²) in [5.41, 5.74) is 0. The van der Waals surface area contributed by atoms with Gasteiger partial charge < -0.3 is 86.5 Å². The average Bonchev–Trinajstić information content (AvgIpc) is 2.37. The molecule has 10 heteroatoms. The Hall–Kier alpha value is 1.25. The van der Waals surface area contributed by atoms with Crippen molar-refractivity contribution < 1.29 is 86.5 Å². The van der Waals surface area contributed by atoms with Gasteiger partial charge in [0.15, 0.2) is 0 Å². The van der Waals surface area contributed by atoms with E-state index in [2.05, 4.69) is 49.3 Å². The molecule has 0 rings (SSSR count). The number of rotatable bonds is 12. The zero-order valence-corrected chi connectivity index (χ0v) is 20.8. The molecule has 0 spiro atoms. The monoisotopic (exact) mass is 467 g/mol. The first-order chi connectivity index (χ1) is 9.31. The summed E-state index contributed by atoms with van der Waals surface area (Å²) in [7, 11) is 15.9. The van der Waals surface area contributed by atoms with E-state index >= 15 is 0 Å². The first-order valence-corrected chi connectivity index (χ1v) is 8.33. The Bertz CT molecular complexity index is 216. The minimum atomic E-state index is 0. The molecule has 0 aliphatic carbocycles. The molecular formula is C15H42Cl5N5. The predicted molar refractivity (Wildman–Crippen MR) is 85.2 cm³/mol. The van der Waals surface area contributed by atoms with E-state index in [1.165, 1.54) is 52.4 Å². The fraction of sp³-hybridized carbons (Fsp3) is 1.00. The first kappa shape index (κ1) is 40.8. The fourth-order valence-corrected chi connectivity index (χ4v) is 2.16. The van der Waals surface area contributed by atoms with Crippen LogP contribution < -0.4 is 86.5 Å². The molecule has 5 nitrogen and oxygen atoms in total. The van der Waals surface area contributed by atoms with E-state index in [1.807, 2.05) is 0 Å². The van der Waals surface area contributed by atoms with Gasteiger partial charge in [-0.05, 0) is 0 Å². The number of halogens is 5. The van der Waals surface area contributed by atoms with Gasteiger partial charge in [0.1, 0.15) is 52.4 Å². The van der Waals surface area contributed by atoms with E-state index in [4.69, 9.17) is 0 Å². The van der Waals surface area contributed by atoms with Crippen LogP contribution in [0.2, 0.25) is 0 Å². The molecule has 0 heterocycles. The van der Waals surface area contributed by atoms with Crippen molar-refractivity contribution in [2.75, 3.05) is 102 Å². The predicted octanol–water partition coefficient (Wildman–Crippen LogP) is -22.2. The molecule has 0 saturated heterocycles. The minimum absolute atomic E-state index is 0. The van der Waals surface area contributed by atoms with Crippen LogP contribution in [0.3, 0.4) is 0 Å². The summed E-state index contributed by atoms with van der Waals surface area (Å²) in [5.74, 6) is 0. The van der Waals surface area contributed by atoms with Crippen LogP contribution in [0.5, 0.6) is 0 Å². The lowest BCUT2D eigenvalue weighted by atomic mass is 10.4. The molecule has 0 aliphatic heterocycles. The first-order valence-electron chi connectivity index (χ1n) is 8.33. The summed E-state index contributed by atoms with van der Waals surface area (Å²) in [5, 5.41) is 0. The molecule has 0 amide bonds. The molecule has 0 aromatic carbocycles. The zero-order chi connectivity index (χ0) is 15.5. The minimum Gasteiger partial charge on any atom is -1.00 e. The summed E-state index contributed by atoms with van der Waals surface area (Å²) in [6.45, 7) is 10.3. The van der Waals surface area contributed by atoms with Crippen molar-refractivity contribution in [3.8, 4) is 0 Å². The molecule has 0 aliphatic rings. The van der Waals surface area contributed by atoms with Crippen LogP contribution in [0.1, 0.15) is 0 Å². The van der Waals surface area contributed by atoms with Gasteiger partial charge in [0, 0.05) is 0 Å². The van der Waals surface area contributed by atoms with Gasteiger partial charge in [0.05, 0.1) is 49.3 Å². The van der Waals surface area contributed by atoms with Gasteiger partial charge in [-0.3, -0.25) is 0 Å². The van der Waals surface area contributed by atoms with E-state index in [1.54, 1.807) is 24.5 Å². The summed E-state index contributed by atoms with van der Waals surface area (Å²) in [6.07, 6.45) is 0. The summed E-state index contributed by atoms with van der Waals surface area (Å²) in [4.78, 5) is 8.12. The van der Waals surface area contributed by atoms with E-state index in [0.717, 1.165) is 0 Å². The Balaban J connectivity index is -0.000000180. The van der Waals surface area contributed by atoms with Crippen molar-refractivity contribution in [3.63, 3.8) is 0 Å². The van der Waals surface area contributed by atoms with Gasteiger partial charge in [-0.25, -0.2) is 0 Å². The lowest BCUT2D eigenvalue weighted by molar-refractivity contribution is -0.976. The van der Waals surface area contributed by atoms with E-state index in [9.17, 15) is 0 Å². The van der Waals surface area contributed by atoms with Crippen molar-refractivity contribution >= 4 is 0 Å². The van der Waals surface area contributed by atoms with Crippen LogP contribution in [0, 0.1) is 0 Å². The lowest BCUT2D eigenvalue weighted by Gasteiger charge is -2.20. The third-order valence-electron chi connectivity index (χ3n) is 4.06. The Labute approximate surface area is 187 Å². The third-order valence-corrected chi connectivity index (χ3v) is 4.06. The van der Waals surface area contributed by atoms with E-state index in [-0.39, 0.29) is 62.0 Å². The average molecular weight is 470 g/mol. The number of nitrogens with one attached hydrogen (secondary N) is 5. The molecule has 0 aromatic heterocycles.